The van der Waals surface area contributed by atoms with Gasteiger partial charge in [-0.2, -0.15) is 0 Å². The SMILES string of the molecule is COc1ccc(OCc2nnc(SCC(=O)Nc3cc(C)no3)n2-c2ccc(C)c(Cl)c2)cc1. The summed E-state index contributed by atoms with van der Waals surface area (Å²) in [6.07, 6.45) is 0. The molecule has 2 aromatic heterocycles. The highest BCUT2D eigenvalue weighted by molar-refractivity contribution is 7.99. The number of amides is 1. The van der Waals surface area contributed by atoms with E-state index in [2.05, 4.69) is 20.7 Å². The van der Waals surface area contributed by atoms with E-state index < -0.39 is 0 Å². The molecular weight excluding hydrogens is 478 g/mol. The molecule has 4 aromatic rings. The lowest BCUT2D eigenvalue weighted by Gasteiger charge is -2.12. The van der Waals surface area contributed by atoms with Gasteiger partial charge in [-0.1, -0.05) is 34.6 Å². The highest BCUT2D eigenvalue weighted by Gasteiger charge is 2.18. The highest BCUT2D eigenvalue weighted by atomic mass is 35.5. The molecule has 0 spiro atoms. The Labute approximate surface area is 205 Å². The van der Waals surface area contributed by atoms with Crippen LogP contribution in [-0.2, 0) is 11.4 Å². The largest absolute Gasteiger partial charge is 0.497 e. The summed E-state index contributed by atoms with van der Waals surface area (Å²) in [5, 5.41) is 16.1. The number of carbonyl (C=O) groups is 1. The fraction of sp³-hybridized carbons (Fsp3) is 0.217. The molecule has 9 nitrogen and oxygen atoms in total. The lowest BCUT2D eigenvalue weighted by molar-refractivity contribution is -0.113. The van der Waals surface area contributed by atoms with Crippen LogP contribution < -0.4 is 14.8 Å². The van der Waals surface area contributed by atoms with Crippen LogP contribution in [0.5, 0.6) is 11.5 Å². The average molecular weight is 500 g/mol. The maximum Gasteiger partial charge on any atom is 0.237 e. The molecule has 2 aromatic carbocycles. The third kappa shape index (κ3) is 5.70. The number of ether oxygens (including phenoxy) is 2. The Morgan fingerprint density at radius 2 is 1.88 bits per heavy atom. The summed E-state index contributed by atoms with van der Waals surface area (Å²) < 4.78 is 17.9. The van der Waals surface area contributed by atoms with E-state index in [4.69, 9.17) is 25.6 Å². The summed E-state index contributed by atoms with van der Waals surface area (Å²) in [6.45, 7) is 3.87. The number of anilines is 1. The van der Waals surface area contributed by atoms with Crippen LogP contribution in [0, 0.1) is 13.8 Å². The van der Waals surface area contributed by atoms with Crippen molar-refractivity contribution in [2.75, 3.05) is 18.2 Å². The van der Waals surface area contributed by atoms with Crippen LogP contribution in [0.25, 0.3) is 5.69 Å². The Hall–Kier alpha value is -3.50. The first-order valence-electron chi connectivity index (χ1n) is 10.3. The van der Waals surface area contributed by atoms with Gasteiger partial charge in [0.1, 0.15) is 18.1 Å². The number of halogens is 1. The van der Waals surface area contributed by atoms with E-state index in [-0.39, 0.29) is 18.3 Å². The molecule has 0 saturated heterocycles. The van der Waals surface area contributed by atoms with Crippen molar-refractivity contribution in [3.05, 3.63) is 70.6 Å². The maximum atomic E-state index is 12.4. The molecule has 176 valence electrons. The number of methoxy groups -OCH3 is 1. The summed E-state index contributed by atoms with van der Waals surface area (Å²) in [5.41, 5.74) is 2.40. The number of aromatic nitrogens is 4. The monoisotopic (exact) mass is 499 g/mol. The van der Waals surface area contributed by atoms with Gasteiger partial charge in [0.25, 0.3) is 0 Å². The molecule has 1 N–H and O–H groups in total. The van der Waals surface area contributed by atoms with E-state index in [1.807, 2.05) is 54.0 Å². The number of carbonyl (C=O) groups excluding carboxylic acids is 1. The van der Waals surface area contributed by atoms with Gasteiger partial charge in [-0.25, -0.2) is 0 Å². The van der Waals surface area contributed by atoms with Crippen molar-refractivity contribution in [3.63, 3.8) is 0 Å². The fourth-order valence-electron chi connectivity index (χ4n) is 3.01. The van der Waals surface area contributed by atoms with Crippen molar-refractivity contribution < 1.29 is 18.8 Å². The number of benzene rings is 2. The molecule has 4 rings (SSSR count). The number of thioether (sulfide) groups is 1. The highest BCUT2D eigenvalue weighted by Crippen LogP contribution is 2.27. The van der Waals surface area contributed by atoms with Crippen molar-refractivity contribution >= 4 is 35.2 Å². The summed E-state index contributed by atoms with van der Waals surface area (Å²) in [5.74, 6) is 2.09. The molecule has 34 heavy (non-hydrogen) atoms. The number of nitrogens with one attached hydrogen (secondary N) is 1. The molecule has 0 aliphatic carbocycles. The van der Waals surface area contributed by atoms with E-state index >= 15 is 0 Å². The third-order valence-corrected chi connectivity index (χ3v) is 6.10. The molecule has 2 heterocycles. The van der Waals surface area contributed by atoms with Crippen LogP contribution in [0.4, 0.5) is 5.88 Å². The van der Waals surface area contributed by atoms with E-state index in [1.165, 1.54) is 11.8 Å². The normalized spacial score (nSPS) is 10.8. The molecule has 11 heteroatoms. The Morgan fingerprint density at radius 1 is 1.12 bits per heavy atom. The summed E-state index contributed by atoms with van der Waals surface area (Å²) in [6, 6.07) is 14.6. The van der Waals surface area contributed by atoms with Gasteiger partial charge < -0.3 is 14.0 Å². The molecule has 0 saturated carbocycles. The molecule has 0 bridgehead atoms. The van der Waals surface area contributed by atoms with Crippen molar-refractivity contribution in [1.82, 2.24) is 19.9 Å². The zero-order valence-corrected chi connectivity index (χ0v) is 20.3. The summed E-state index contributed by atoms with van der Waals surface area (Å²) in [7, 11) is 1.61. The molecule has 0 unspecified atom stereocenters. The fourth-order valence-corrected chi connectivity index (χ4v) is 3.96. The molecule has 0 atom stereocenters. The van der Waals surface area contributed by atoms with Gasteiger partial charge in [0.05, 0.1) is 24.2 Å². The van der Waals surface area contributed by atoms with E-state index in [1.54, 1.807) is 20.1 Å². The Kier molecular flexibility index (Phi) is 7.39. The second-order valence-electron chi connectivity index (χ2n) is 7.30. The molecule has 0 aliphatic rings. The van der Waals surface area contributed by atoms with Gasteiger partial charge in [0.15, 0.2) is 11.0 Å². The molecule has 0 radical (unpaired) electrons. The number of nitrogens with zero attached hydrogens (tertiary/aromatic N) is 4. The zero-order chi connectivity index (χ0) is 24.1. The number of rotatable bonds is 9. The van der Waals surface area contributed by atoms with Crippen molar-refractivity contribution in [3.8, 4) is 17.2 Å². The quantitative estimate of drug-likeness (QED) is 0.326. The van der Waals surface area contributed by atoms with Crippen molar-refractivity contribution in [1.29, 1.82) is 0 Å². The predicted octanol–water partition coefficient (Wildman–Crippen LogP) is 4.84. The van der Waals surface area contributed by atoms with Gasteiger partial charge in [0, 0.05) is 11.1 Å². The lowest BCUT2D eigenvalue weighted by Crippen LogP contribution is -2.14. The first kappa shape index (κ1) is 23.7. The zero-order valence-electron chi connectivity index (χ0n) is 18.7. The first-order chi connectivity index (χ1) is 16.4. The predicted molar refractivity (Wildman–Crippen MR) is 129 cm³/mol. The van der Waals surface area contributed by atoms with Gasteiger partial charge in [-0.05, 0) is 55.8 Å². The van der Waals surface area contributed by atoms with Crippen LogP contribution in [0.1, 0.15) is 17.1 Å². The van der Waals surface area contributed by atoms with Gasteiger partial charge in [0.2, 0.25) is 11.8 Å². The maximum absolute atomic E-state index is 12.4. The molecule has 0 fully saturated rings. The van der Waals surface area contributed by atoms with E-state index in [9.17, 15) is 4.79 Å². The number of hydrogen-bond acceptors (Lipinski definition) is 8. The standard InChI is InChI=1S/C23H22ClN5O4S/c1-14-4-5-16(11-19(14)24)29-20(12-32-18-8-6-17(31-3)7-9-18)26-27-23(29)34-13-21(30)25-22-10-15(2)28-33-22/h4-11H,12-13H2,1-3H3,(H,25,30). The molecular formula is C23H22ClN5O4S. The summed E-state index contributed by atoms with van der Waals surface area (Å²) in [4.78, 5) is 12.4. The van der Waals surface area contributed by atoms with Crippen LogP contribution in [-0.4, -0.2) is 38.7 Å². The number of aryl methyl sites for hydroxylation is 2. The Bertz CT molecular complexity index is 1290. The lowest BCUT2D eigenvalue weighted by atomic mass is 10.2. The minimum Gasteiger partial charge on any atom is -0.497 e. The van der Waals surface area contributed by atoms with E-state index in [0.29, 0.717) is 33.3 Å². The van der Waals surface area contributed by atoms with Crippen LogP contribution in [0.2, 0.25) is 5.02 Å². The third-order valence-electron chi connectivity index (χ3n) is 4.76. The van der Waals surface area contributed by atoms with Crippen LogP contribution >= 0.6 is 23.4 Å². The Morgan fingerprint density at radius 3 is 2.56 bits per heavy atom. The average Bonchev–Trinajstić information content (AvgIpc) is 3.44. The molecule has 0 aliphatic heterocycles. The van der Waals surface area contributed by atoms with Crippen molar-refractivity contribution in [2.24, 2.45) is 0 Å². The first-order valence-corrected chi connectivity index (χ1v) is 11.6. The van der Waals surface area contributed by atoms with Gasteiger partial charge in [-0.15, -0.1) is 10.2 Å². The second-order valence-corrected chi connectivity index (χ2v) is 8.65. The molecule has 1 amide bonds. The van der Waals surface area contributed by atoms with Gasteiger partial charge >= 0.3 is 0 Å². The van der Waals surface area contributed by atoms with Crippen LogP contribution in [0.3, 0.4) is 0 Å². The number of hydrogen-bond donors (Lipinski definition) is 1. The van der Waals surface area contributed by atoms with Gasteiger partial charge in [-0.3, -0.25) is 14.7 Å². The van der Waals surface area contributed by atoms with Crippen molar-refractivity contribution in [2.45, 2.75) is 25.6 Å². The Balaban J connectivity index is 1.53. The smallest absolute Gasteiger partial charge is 0.237 e. The van der Waals surface area contributed by atoms with Crippen LogP contribution in [0.15, 0.2) is 58.2 Å². The van der Waals surface area contributed by atoms with E-state index in [0.717, 1.165) is 17.0 Å². The summed E-state index contributed by atoms with van der Waals surface area (Å²) >= 11 is 7.61. The second kappa shape index (κ2) is 10.6. The minimum atomic E-state index is -0.256. The minimum absolute atomic E-state index is 0.0941. The topological polar surface area (TPSA) is 104 Å².